The Hall–Kier alpha value is -2.44. The lowest BCUT2D eigenvalue weighted by atomic mass is 10.1. The standard InChI is InChI=1S/C24H34N2O4.ClH/c1-6-29-22-15-18(11-12-21(22)30-17-23(27)26-24(2,3)4)16-25-14-13-19-9-7-8-10-20(19)28-5;/h7-12,15,25H,6,13-14,16-17H2,1-5H3,(H,26,27);1H. The molecule has 31 heavy (non-hydrogen) atoms. The van der Waals surface area contributed by atoms with Crippen LogP contribution in [0.5, 0.6) is 17.2 Å². The number of carbonyl (C=O) groups excluding carboxylic acids is 1. The van der Waals surface area contributed by atoms with E-state index in [0.717, 1.165) is 24.3 Å². The van der Waals surface area contributed by atoms with Gasteiger partial charge in [0.2, 0.25) is 0 Å². The van der Waals surface area contributed by atoms with E-state index in [-0.39, 0.29) is 30.5 Å². The summed E-state index contributed by atoms with van der Waals surface area (Å²) < 4.78 is 16.8. The number of amides is 1. The zero-order valence-electron chi connectivity index (χ0n) is 19.1. The predicted molar refractivity (Wildman–Crippen MR) is 127 cm³/mol. The molecule has 0 aliphatic heterocycles. The van der Waals surface area contributed by atoms with Crippen molar-refractivity contribution in [2.24, 2.45) is 0 Å². The van der Waals surface area contributed by atoms with Crippen molar-refractivity contribution in [2.75, 3.05) is 26.9 Å². The minimum atomic E-state index is -0.289. The minimum Gasteiger partial charge on any atom is -0.496 e. The van der Waals surface area contributed by atoms with Crippen LogP contribution >= 0.6 is 12.4 Å². The number of carbonyl (C=O) groups is 1. The maximum Gasteiger partial charge on any atom is 0.258 e. The SMILES string of the molecule is CCOc1cc(CNCCc2ccccc2OC)ccc1OCC(=O)NC(C)(C)C.Cl. The van der Waals surface area contributed by atoms with Crippen molar-refractivity contribution in [2.45, 2.75) is 46.2 Å². The molecule has 0 atom stereocenters. The molecular weight excluding hydrogens is 416 g/mol. The average molecular weight is 451 g/mol. The van der Waals surface area contributed by atoms with Crippen LogP contribution < -0.4 is 24.8 Å². The van der Waals surface area contributed by atoms with Crippen molar-refractivity contribution in [3.8, 4) is 17.2 Å². The largest absolute Gasteiger partial charge is 0.496 e. The lowest BCUT2D eigenvalue weighted by molar-refractivity contribution is -0.124. The Kier molecular flexibility index (Phi) is 11.2. The fraction of sp³-hybridized carbons (Fsp3) is 0.458. The molecule has 0 spiro atoms. The molecule has 0 radical (unpaired) electrons. The average Bonchev–Trinajstić information content (AvgIpc) is 2.70. The molecule has 0 fully saturated rings. The third-order valence-electron chi connectivity index (χ3n) is 4.27. The van der Waals surface area contributed by atoms with Gasteiger partial charge in [-0.2, -0.15) is 0 Å². The molecule has 6 nitrogen and oxygen atoms in total. The number of hydrogen-bond acceptors (Lipinski definition) is 5. The topological polar surface area (TPSA) is 68.8 Å². The first-order valence-corrected chi connectivity index (χ1v) is 10.3. The molecule has 2 aromatic carbocycles. The van der Waals surface area contributed by atoms with Gasteiger partial charge in [-0.05, 0) is 70.0 Å². The fourth-order valence-electron chi connectivity index (χ4n) is 3.01. The predicted octanol–water partition coefficient (Wildman–Crippen LogP) is 4.14. The van der Waals surface area contributed by atoms with Crippen LogP contribution in [0.4, 0.5) is 0 Å². The van der Waals surface area contributed by atoms with Crippen molar-refractivity contribution in [3.05, 3.63) is 53.6 Å². The number of para-hydroxylation sites is 1. The van der Waals surface area contributed by atoms with E-state index >= 15 is 0 Å². The van der Waals surface area contributed by atoms with E-state index < -0.39 is 0 Å². The molecule has 2 rings (SSSR count). The Bertz CT molecular complexity index is 821. The zero-order valence-corrected chi connectivity index (χ0v) is 19.9. The van der Waals surface area contributed by atoms with Crippen molar-refractivity contribution in [3.63, 3.8) is 0 Å². The second-order valence-corrected chi connectivity index (χ2v) is 8.04. The van der Waals surface area contributed by atoms with E-state index in [1.807, 2.05) is 64.1 Å². The lowest BCUT2D eigenvalue weighted by Gasteiger charge is -2.21. The zero-order chi connectivity index (χ0) is 22.0. The quantitative estimate of drug-likeness (QED) is 0.503. The van der Waals surface area contributed by atoms with E-state index in [2.05, 4.69) is 16.7 Å². The van der Waals surface area contributed by atoms with Gasteiger partial charge in [0.05, 0.1) is 13.7 Å². The smallest absolute Gasteiger partial charge is 0.258 e. The number of nitrogens with one attached hydrogen (secondary N) is 2. The highest BCUT2D eigenvalue weighted by Gasteiger charge is 2.15. The molecule has 0 aliphatic rings. The van der Waals surface area contributed by atoms with Crippen LogP contribution in [0.25, 0.3) is 0 Å². The van der Waals surface area contributed by atoms with Crippen molar-refractivity contribution >= 4 is 18.3 Å². The summed E-state index contributed by atoms with van der Waals surface area (Å²) >= 11 is 0. The van der Waals surface area contributed by atoms with Crippen LogP contribution in [-0.2, 0) is 17.8 Å². The molecule has 0 bridgehead atoms. The number of halogens is 1. The second kappa shape index (κ2) is 13.1. The number of benzene rings is 2. The third-order valence-corrected chi connectivity index (χ3v) is 4.27. The van der Waals surface area contributed by atoms with Crippen molar-refractivity contribution < 1.29 is 19.0 Å². The van der Waals surface area contributed by atoms with E-state index in [1.54, 1.807) is 7.11 Å². The van der Waals surface area contributed by atoms with Crippen LogP contribution in [-0.4, -0.2) is 38.3 Å². The molecule has 0 aliphatic carbocycles. The van der Waals surface area contributed by atoms with Gasteiger partial charge in [-0.25, -0.2) is 0 Å². The summed E-state index contributed by atoms with van der Waals surface area (Å²) in [5, 5.41) is 6.33. The number of methoxy groups -OCH3 is 1. The number of ether oxygens (including phenoxy) is 3. The van der Waals surface area contributed by atoms with Gasteiger partial charge in [0, 0.05) is 12.1 Å². The van der Waals surface area contributed by atoms with Gasteiger partial charge in [0.1, 0.15) is 5.75 Å². The Morgan fingerprint density at radius 1 is 1.00 bits per heavy atom. The van der Waals surface area contributed by atoms with Crippen LogP contribution in [0.15, 0.2) is 42.5 Å². The van der Waals surface area contributed by atoms with E-state index in [9.17, 15) is 4.79 Å². The van der Waals surface area contributed by atoms with Gasteiger partial charge in [-0.1, -0.05) is 24.3 Å². The van der Waals surface area contributed by atoms with Gasteiger partial charge >= 0.3 is 0 Å². The normalized spacial score (nSPS) is 10.7. The molecule has 0 aromatic heterocycles. The summed E-state index contributed by atoms with van der Waals surface area (Å²) in [6.45, 7) is 9.75. The summed E-state index contributed by atoms with van der Waals surface area (Å²) in [5.41, 5.74) is 1.98. The molecule has 0 heterocycles. The Morgan fingerprint density at radius 3 is 2.42 bits per heavy atom. The molecule has 0 saturated heterocycles. The minimum absolute atomic E-state index is 0. The maximum atomic E-state index is 12.0. The summed E-state index contributed by atoms with van der Waals surface area (Å²) in [6, 6.07) is 13.8. The van der Waals surface area contributed by atoms with Gasteiger partial charge in [-0.3, -0.25) is 4.79 Å². The lowest BCUT2D eigenvalue weighted by Crippen LogP contribution is -2.43. The summed E-state index contributed by atoms with van der Waals surface area (Å²) in [7, 11) is 1.69. The Morgan fingerprint density at radius 2 is 1.74 bits per heavy atom. The highest BCUT2D eigenvalue weighted by atomic mass is 35.5. The van der Waals surface area contributed by atoms with E-state index in [1.165, 1.54) is 5.56 Å². The van der Waals surface area contributed by atoms with Crippen molar-refractivity contribution in [1.29, 1.82) is 0 Å². The molecule has 172 valence electrons. The van der Waals surface area contributed by atoms with E-state index in [4.69, 9.17) is 14.2 Å². The first kappa shape index (κ1) is 26.6. The molecule has 0 saturated carbocycles. The summed E-state index contributed by atoms with van der Waals surface area (Å²) in [4.78, 5) is 12.0. The summed E-state index contributed by atoms with van der Waals surface area (Å²) in [5.74, 6) is 1.96. The summed E-state index contributed by atoms with van der Waals surface area (Å²) in [6.07, 6.45) is 0.881. The molecular formula is C24H35ClN2O4. The number of hydrogen-bond donors (Lipinski definition) is 2. The van der Waals surface area contributed by atoms with Crippen molar-refractivity contribution in [1.82, 2.24) is 10.6 Å². The highest BCUT2D eigenvalue weighted by molar-refractivity contribution is 5.85. The first-order chi connectivity index (χ1) is 14.3. The van der Waals surface area contributed by atoms with E-state index in [0.29, 0.717) is 24.7 Å². The number of rotatable bonds is 11. The van der Waals surface area contributed by atoms with Crippen LogP contribution in [0.3, 0.4) is 0 Å². The van der Waals surface area contributed by atoms with Crippen LogP contribution in [0.2, 0.25) is 0 Å². The third kappa shape index (κ3) is 9.49. The van der Waals surface area contributed by atoms with Gasteiger partial charge in [0.15, 0.2) is 18.1 Å². The first-order valence-electron chi connectivity index (χ1n) is 10.3. The van der Waals surface area contributed by atoms with Crippen LogP contribution in [0, 0.1) is 0 Å². The molecule has 2 aromatic rings. The maximum absolute atomic E-state index is 12.0. The van der Waals surface area contributed by atoms with Gasteiger partial charge in [0.25, 0.3) is 5.91 Å². The Balaban J connectivity index is 0.00000480. The molecule has 0 unspecified atom stereocenters. The Labute approximate surface area is 192 Å². The van der Waals surface area contributed by atoms with Gasteiger partial charge < -0.3 is 24.8 Å². The fourth-order valence-corrected chi connectivity index (χ4v) is 3.01. The van der Waals surface area contributed by atoms with Crippen LogP contribution in [0.1, 0.15) is 38.8 Å². The van der Waals surface area contributed by atoms with Gasteiger partial charge in [-0.15, -0.1) is 12.4 Å². The molecule has 2 N–H and O–H groups in total. The molecule has 1 amide bonds. The highest BCUT2D eigenvalue weighted by Crippen LogP contribution is 2.28. The second-order valence-electron chi connectivity index (χ2n) is 8.04. The molecule has 7 heteroatoms. The monoisotopic (exact) mass is 450 g/mol.